The van der Waals surface area contributed by atoms with E-state index < -0.39 is 10.0 Å². The second-order valence-electron chi connectivity index (χ2n) is 5.78. The summed E-state index contributed by atoms with van der Waals surface area (Å²) >= 11 is 5.84. The van der Waals surface area contributed by atoms with Crippen LogP contribution in [0.15, 0.2) is 59.5 Å². The maximum absolute atomic E-state index is 12.7. The van der Waals surface area contributed by atoms with Crippen molar-refractivity contribution in [2.45, 2.75) is 18.4 Å². The molecule has 0 amide bonds. The molecule has 0 radical (unpaired) electrons. The Morgan fingerprint density at radius 3 is 2.58 bits per heavy atom. The summed E-state index contributed by atoms with van der Waals surface area (Å²) in [5.74, 6) is 0.259. The summed E-state index contributed by atoms with van der Waals surface area (Å²) in [7, 11) is -3.78. The molecule has 0 spiro atoms. The summed E-state index contributed by atoms with van der Waals surface area (Å²) in [5.41, 5.74) is 1.47. The number of hydrogen-bond acceptors (Lipinski definition) is 4. The van der Waals surface area contributed by atoms with E-state index in [1.807, 2.05) is 37.3 Å². The molecule has 0 aliphatic carbocycles. The minimum absolute atomic E-state index is 0.120. The Kier molecular flexibility index (Phi) is 4.05. The Bertz CT molecular complexity index is 1220. The molecule has 0 unspecified atom stereocenters. The van der Waals surface area contributed by atoms with Gasteiger partial charge in [0.15, 0.2) is 11.5 Å². The SMILES string of the molecule is CCn1nc(NS(=O)(=O)c2ccc(Cl)cc2)c2cc3ccccc3nc21. The number of para-hydroxylation sites is 1. The van der Waals surface area contributed by atoms with E-state index >= 15 is 0 Å². The Balaban J connectivity index is 1.85. The third kappa shape index (κ3) is 2.89. The van der Waals surface area contributed by atoms with Gasteiger partial charge in [0.1, 0.15) is 0 Å². The molecule has 8 heteroatoms. The zero-order chi connectivity index (χ0) is 18.3. The van der Waals surface area contributed by atoms with Gasteiger partial charge in [0.2, 0.25) is 0 Å². The molecule has 6 nitrogen and oxygen atoms in total. The lowest BCUT2D eigenvalue weighted by Crippen LogP contribution is -2.13. The first-order valence-corrected chi connectivity index (χ1v) is 9.89. The van der Waals surface area contributed by atoms with Crippen molar-refractivity contribution >= 4 is 49.4 Å². The lowest BCUT2D eigenvalue weighted by atomic mass is 10.2. The molecule has 0 bridgehead atoms. The fourth-order valence-corrected chi connectivity index (χ4v) is 3.94. The third-order valence-corrected chi connectivity index (χ3v) is 5.69. The summed E-state index contributed by atoms with van der Waals surface area (Å²) in [5, 5.41) is 6.44. The first kappa shape index (κ1) is 16.8. The normalized spacial score (nSPS) is 11.9. The monoisotopic (exact) mass is 386 g/mol. The van der Waals surface area contributed by atoms with Crippen LogP contribution in [0.1, 0.15) is 6.92 Å². The van der Waals surface area contributed by atoms with Crippen molar-refractivity contribution in [1.82, 2.24) is 14.8 Å². The average molecular weight is 387 g/mol. The smallest absolute Gasteiger partial charge is 0.261 e. The number of pyridine rings is 1. The summed E-state index contributed by atoms with van der Waals surface area (Å²) in [6.07, 6.45) is 0. The van der Waals surface area contributed by atoms with E-state index in [1.54, 1.807) is 4.68 Å². The fraction of sp³-hybridized carbons (Fsp3) is 0.111. The van der Waals surface area contributed by atoms with Gasteiger partial charge in [0, 0.05) is 17.0 Å². The van der Waals surface area contributed by atoms with E-state index in [0.717, 1.165) is 10.9 Å². The van der Waals surface area contributed by atoms with Crippen molar-refractivity contribution < 1.29 is 8.42 Å². The van der Waals surface area contributed by atoms with Crippen molar-refractivity contribution in [3.63, 3.8) is 0 Å². The van der Waals surface area contributed by atoms with E-state index in [1.165, 1.54) is 24.3 Å². The van der Waals surface area contributed by atoms with Gasteiger partial charge in [-0.1, -0.05) is 29.8 Å². The number of aryl methyl sites for hydroxylation is 1. The predicted octanol–water partition coefficient (Wildman–Crippen LogP) is 4.06. The second-order valence-corrected chi connectivity index (χ2v) is 7.89. The Hall–Kier alpha value is -2.64. The summed E-state index contributed by atoms with van der Waals surface area (Å²) < 4.78 is 29.6. The first-order chi connectivity index (χ1) is 12.5. The summed E-state index contributed by atoms with van der Waals surface area (Å²) in [4.78, 5) is 4.75. The Morgan fingerprint density at radius 2 is 1.85 bits per heavy atom. The lowest BCUT2D eigenvalue weighted by Gasteiger charge is -2.06. The highest BCUT2D eigenvalue weighted by atomic mass is 35.5. The second kappa shape index (κ2) is 6.26. The number of rotatable bonds is 4. The van der Waals surface area contributed by atoms with E-state index in [0.29, 0.717) is 22.6 Å². The van der Waals surface area contributed by atoms with Gasteiger partial charge < -0.3 is 0 Å². The van der Waals surface area contributed by atoms with Crippen molar-refractivity contribution in [3.05, 3.63) is 59.6 Å². The minimum Gasteiger partial charge on any atom is -0.261 e. The van der Waals surface area contributed by atoms with Crippen LogP contribution in [0.4, 0.5) is 5.82 Å². The molecule has 0 atom stereocenters. The molecule has 2 aromatic heterocycles. The van der Waals surface area contributed by atoms with E-state index in [4.69, 9.17) is 11.6 Å². The van der Waals surface area contributed by atoms with Crippen LogP contribution in [0.5, 0.6) is 0 Å². The maximum Gasteiger partial charge on any atom is 0.263 e. The topological polar surface area (TPSA) is 76.9 Å². The van der Waals surface area contributed by atoms with Crippen LogP contribution < -0.4 is 4.72 Å². The van der Waals surface area contributed by atoms with Gasteiger partial charge in [0.25, 0.3) is 10.0 Å². The average Bonchev–Trinajstić information content (AvgIpc) is 2.96. The van der Waals surface area contributed by atoms with Crippen molar-refractivity contribution in [3.8, 4) is 0 Å². The molecule has 26 heavy (non-hydrogen) atoms. The quantitative estimate of drug-likeness (QED) is 0.573. The molecule has 0 saturated heterocycles. The van der Waals surface area contributed by atoms with Crippen molar-refractivity contribution in [2.75, 3.05) is 4.72 Å². The highest BCUT2D eigenvalue weighted by Gasteiger charge is 2.20. The lowest BCUT2D eigenvalue weighted by molar-refractivity contribution is 0.600. The molecule has 0 fully saturated rings. The Morgan fingerprint density at radius 1 is 1.12 bits per heavy atom. The predicted molar refractivity (Wildman–Crippen MR) is 103 cm³/mol. The number of benzene rings is 2. The zero-order valence-corrected chi connectivity index (χ0v) is 15.4. The van der Waals surface area contributed by atoms with Gasteiger partial charge in [-0.15, -0.1) is 0 Å². The minimum atomic E-state index is -3.78. The van der Waals surface area contributed by atoms with Crippen LogP contribution in [0, 0.1) is 0 Å². The number of hydrogen-bond donors (Lipinski definition) is 1. The number of nitrogens with one attached hydrogen (secondary N) is 1. The van der Waals surface area contributed by atoms with Crippen LogP contribution in [0.25, 0.3) is 21.9 Å². The fourth-order valence-electron chi connectivity index (χ4n) is 2.79. The van der Waals surface area contributed by atoms with E-state index in [2.05, 4.69) is 14.8 Å². The van der Waals surface area contributed by atoms with Gasteiger partial charge in [-0.2, -0.15) is 5.10 Å². The van der Waals surface area contributed by atoms with Crippen molar-refractivity contribution in [1.29, 1.82) is 0 Å². The number of aromatic nitrogens is 3. The molecule has 4 aromatic rings. The van der Waals surface area contributed by atoms with Crippen LogP contribution in [0.2, 0.25) is 5.02 Å². The van der Waals surface area contributed by atoms with Gasteiger partial charge in [-0.05, 0) is 43.3 Å². The molecule has 2 heterocycles. The largest absolute Gasteiger partial charge is 0.263 e. The molecule has 1 N–H and O–H groups in total. The molecule has 132 valence electrons. The molecule has 4 rings (SSSR count). The highest BCUT2D eigenvalue weighted by molar-refractivity contribution is 7.92. The third-order valence-electron chi connectivity index (χ3n) is 4.08. The number of sulfonamides is 1. The van der Waals surface area contributed by atoms with Crippen molar-refractivity contribution in [2.24, 2.45) is 0 Å². The molecular formula is C18H15ClN4O2S. The maximum atomic E-state index is 12.7. The van der Waals surface area contributed by atoms with Gasteiger partial charge >= 0.3 is 0 Å². The molecule has 0 saturated carbocycles. The highest BCUT2D eigenvalue weighted by Crippen LogP contribution is 2.27. The van der Waals surface area contributed by atoms with Gasteiger partial charge in [-0.25, -0.2) is 18.1 Å². The number of nitrogens with zero attached hydrogens (tertiary/aromatic N) is 3. The van der Waals surface area contributed by atoms with Crippen LogP contribution >= 0.6 is 11.6 Å². The van der Waals surface area contributed by atoms with Crippen LogP contribution in [0.3, 0.4) is 0 Å². The van der Waals surface area contributed by atoms with Crippen LogP contribution in [-0.4, -0.2) is 23.2 Å². The van der Waals surface area contributed by atoms with E-state index in [9.17, 15) is 8.42 Å². The Labute approximate surface area is 155 Å². The van der Waals surface area contributed by atoms with Crippen LogP contribution in [-0.2, 0) is 16.6 Å². The first-order valence-electron chi connectivity index (χ1n) is 8.02. The zero-order valence-electron chi connectivity index (χ0n) is 13.8. The number of fused-ring (bicyclic) bond motifs is 2. The summed E-state index contributed by atoms with van der Waals surface area (Å²) in [6, 6.07) is 15.6. The van der Waals surface area contributed by atoms with E-state index in [-0.39, 0.29) is 10.7 Å². The van der Waals surface area contributed by atoms with Gasteiger partial charge in [-0.3, -0.25) is 4.72 Å². The van der Waals surface area contributed by atoms with Gasteiger partial charge in [0.05, 0.1) is 15.8 Å². The number of halogens is 1. The summed E-state index contributed by atoms with van der Waals surface area (Å²) in [6.45, 7) is 2.51. The molecule has 2 aromatic carbocycles. The molecule has 0 aliphatic heterocycles. The molecular weight excluding hydrogens is 372 g/mol. The molecule has 0 aliphatic rings. The number of anilines is 1. The standard InChI is InChI=1S/C18H15ClN4O2S/c1-2-23-18-15(11-12-5-3-4-6-16(12)20-18)17(21-23)22-26(24,25)14-9-7-13(19)8-10-14/h3-11H,2H2,1H3,(H,21,22).